The molecule has 8 nitrogen and oxygen atoms in total. The smallest absolute Gasteiger partial charge is 0.338 e. The lowest BCUT2D eigenvalue weighted by atomic mass is 10.1. The Morgan fingerprint density at radius 3 is 2.20 bits per heavy atom. The topological polar surface area (TPSA) is 107 Å². The molecule has 0 saturated carbocycles. The Morgan fingerprint density at radius 2 is 1.54 bits per heavy atom. The van der Waals surface area contributed by atoms with Crippen LogP contribution in [-0.4, -0.2) is 28.5 Å². The number of fused-ring (bicyclic) bond motifs is 1. The van der Waals surface area contributed by atoms with E-state index in [1.54, 1.807) is 66.9 Å². The number of esters is 1. The van der Waals surface area contributed by atoms with Crippen molar-refractivity contribution in [2.45, 2.75) is 6.54 Å². The fourth-order valence-electron chi connectivity index (χ4n) is 3.45. The largest absolute Gasteiger partial charge is 0.463 e. The van der Waals surface area contributed by atoms with E-state index in [0.29, 0.717) is 39.0 Å². The van der Waals surface area contributed by atoms with Crippen LogP contribution in [0.4, 0.5) is 0 Å². The second-order valence-corrected chi connectivity index (χ2v) is 7.93. The molecule has 174 valence electrons. The zero-order valence-electron chi connectivity index (χ0n) is 18.2. The van der Waals surface area contributed by atoms with Crippen molar-refractivity contribution >= 4 is 34.5 Å². The second-order valence-electron chi connectivity index (χ2n) is 7.52. The maximum atomic E-state index is 12.6. The number of carbonyl (C=O) groups excluding carboxylic acids is 2. The second kappa shape index (κ2) is 9.82. The van der Waals surface area contributed by atoms with Crippen molar-refractivity contribution in [2.24, 2.45) is 0 Å². The van der Waals surface area contributed by atoms with Gasteiger partial charge in [-0.05, 0) is 54.1 Å². The van der Waals surface area contributed by atoms with Gasteiger partial charge in [-0.15, -0.1) is 0 Å². The number of nitrogens with zero attached hydrogens (tertiary/aromatic N) is 2. The minimum absolute atomic E-state index is 0.231. The zero-order chi connectivity index (χ0) is 24.2. The lowest BCUT2D eigenvalue weighted by Gasteiger charge is -2.09. The number of furan rings is 2. The third-order valence-electron chi connectivity index (χ3n) is 5.18. The highest BCUT2D eigenvalue weighted by atomic mass is 35.5. The molecular formula is C26H18ClN3O5. The molecule has 0 aliphatic rings. The van der Waals surface area contributed by atoms with Crippen LogP contribution in [0, 0.1) is 0 Å². The molecule has 0 aliphatic heterocycles. The highest BCUT2D eigenvalue weighted by Crippen LogP contribution is 2.31. The molecule has 3 aromatic heterocycles. The summed E-state index contributed by atoms with van der Waals surface area (Å²) in [5.41, 5.74) is 3.01. The first kappa shape index (κ1) is 22.4. The molecule has 0 radical (unpaired) electrons. The Kier molecular flexibility index (Phi) is 6.28. The number of amides is 1. The van der Waals surface area contributed by atoms with Crippen LogP contribution in [0.15, 0.2) is 88.1 Å². The van der Waals surface area contributed by atoms with E-state index < -0.39 is 18.5 Å². The molecule has 0 bridgehead atoms. The summed E-state index contributed by atoms with van der Waals surface area (Å²) in [4.78, 5) is 34.0. The van der Waals surface area contributed by atoms with Gasteiger partial charge in [-0.2, -0.15) is 0 Å². The summed E-state index contributed by atoms with van der Waals surface area (Å²) in [6.45, 7) is -0.197. The quantitative estimate of drug-likeness (QED) is 0.311. The van der Waals surface area contributed by atoms with Crippen LogP contribution in [-0.2, 0) is 16.1 Å². The molecule has 0 saturated heterocycles. The first-order valence-corrected chi connectivity index (χ1v) is 11.0. The van der Waals surface area contributed by atoms with E-state index >= 15 is 0 Å². The van der Waals surface area contributed by atoms with Gasteiger partial charge in [0, 0.05) is 11.6 Å². The lowest BCUT2D eigenvalue weighted by molar-refractivity contribution is -0.124. The number of hydrogen-bond donors (Lipinski definition) is 1. The summed E-state index contributed by atoms with van der Waals surface area (Å²) < 4.78 is 16.2. The summed E-state index contributed by atoms with van der Waals surface area (Å²) in [7, 11) is 0. The first-order chi connectivity index (χ1) is 17.1. The van der Waals surface area contributed by atoms with Crippen molar-refractivity contribution in [1.29, 1.82) is 0 Å². The Hall–Kier alpha value is -4.43. The van der Waals surface area contributed by atoms with Gasteiger partial charge < -0.3 is 18.9 Å². The molecule has 0 spiro atoms. The minimum atomic E-state index is -0.656. The average molecular weight is 488 g/mol. The van der Waals surface area contributed by atoms with Crippen molar-refractivity contribution in [3.8, 4) is 22.9 Å². The van der Waals surface area contributed by atoms with Gasteiger partial charge in [0.2, 0.25) is 0 Å². The maximum Gasteiger partial charge on any atom is 0.338 e. The molecule has 1 amide bonds. The van der Waals surface area contributed by atoms with E-state index in [4.69, 9.17) is 25.2 Å². The van der Waals surface area contributed by atoms with E-state index in [9.17, 15) is 9.59 Å². The Morgan fingerprint density at radius 1 is 0.857 bits per heavy atom. The summed E-state index contributed by atoms with van der Waals surface area (Å²) in [6.07, 6.45) is 3.09. The van der Waals surface area contributed by atoms with Gasteiger partial charge >= 0.3 is 5.97 Å². The number of benzene rings is 2. The third kappa shape index (κ3) is 4.92. The van der Waals surface area contributed by atoms with E-state index in [1.807, 2.05) is 6.07 Å². The van der Waals surface area contributed by atoms with Crippen LogP contribution in [0.1, 0.15) is 15.9 Å². The summed E-state index contributed by atoms with van der Waals surface area (Å²) in [5.74, 6) is -0.0515. The van der Waals surface area contributed by atoms with Crippen LogP contribution in [0.3, 0.4) is 0 Å². The molecule has 2 aromatic carbocycles. The molecule has 5 aromatic rings. The Labute approximate surface area is 204 Å². The molecule has 0 fully saturated rings. The maximum absolute atomic E-state index is 12.6. The van der Waals surface area contributed by atoms with Crippen LogP contribution < -0.4 is 5.32 Å². The number of hydrogen-bond acceptors (Lipinski definition) is 7. The van der Waals surface area contributed by atoms with Gasteiger partial charge in [-0.1, -0.05) is 29.8 Å². The average Bonchev–Trinajstić information content (AvgIpc) is 3.60. The summed E-state index contributed by atoms with van der Waals surface area (Å²) in [6, 6.07) is 19.0. The van der Waals surface area contributed by atoms with Crippen molar-refractivity contribution in [3.05, 3.63) is 95.4 Å². The van der Waals surface area contributed by atoms with E-state index in [-0.39, 0.29) is 12.1 Å². The van der Waals surface area contributed by atoms with Crippen LogP contribution >= 0.6 is 11.6 Å². The zero-order valence-corrected chi connectivity index (χ0v) is 19.0. The normalized spacial score (nSPS) is 10.9. The van der Waals surface area contributed by atoms with Gasteiger partial charge in [-0.3, -0.25) is 4.79 Å². The molecule has 5 rings (SSSR count). The van der Waals surface area contributed by atoms with Crippen LogP contribution in [0.2, 0.25) is 5.02 Å². The molecule has 0 aliphatic carbocycles. The SMILES string of the molecule is O=C(COC(=O)c1ccc2nc(-c3ccco3)c(-c3ccco3)nc2c1)NCc1ccccc1Cl. The standard InChI is InChI=1S/C26H18ClN3O5/c27-18-6-2-1-5-17(18)14-28-23(31)15-35-26(32)16-9-10-19-20(13-16)30-25(22-8-4-12-34-22)24(29-19)21-7-3-11-33-21/h1-13H,14-15H2,(H,28,31). The highest BCUT2D eigenvalue weighted by Gasteiger charge is 2.18. The minimum Gasteiger partial charge on any atom is -0.463 e. The molecule has 9 heteroatoms. The van der Waals surface area contributed by atoms with E-state index in [1.165, 1.54) is 6.26 Å². The van der Waals surface area contributed by atoms with Crippen molar-refractivity contribution < 1.29 is 23.2 Å². The predicted octanol–water partition coefficient (Wildman–Crippen LogP) is 5.28. The van der Waals surface area contributed by atoms with Crippen molar-refractivity contribution in [3.63, 3.8) is 0 Å². The van der Waals surface area contributed by atoms with Gasteiger partial charge in [0.05, 0.1) is 29.1 Å². The van der Waals surface area contributed by atoms with Gasteiger partial charge in [0.15, 0.2) is 18.1 Å². The van der Waals surface area contributed by atoms with Crippen LogP contribution in [0.25, 0.3) is 33.9 Å². The van der Waals surface area contributed by atoms with E-state index in [2.05, 4.69) is 15.3 Å². The molecule has 1 N–H and O–H groups in total. The molecule has 0 atom stereocenters. The highest BCUT2D eigenvalue weighted by molar-refractivity contribution is 6.31. The third-order valence-corrected chi connectivity index (χ3v) is 5.55. The number of halogens is 1. The molecule has 35 heavy (non-hydrogen) atoms. The molecule has 0 unspecified atom stereocenters. The molecule has 3 heterocycles. The number of carbonyl (C=O) groups is 2. The van der Waals surface area contributed by atoms with Crippen molar-refractivity contribution in [1.82, 2.24) is 15.3 Å². The number of ether oxygens (including phenoxy) is 1. The Bertz CT molecular complexity index is 1500. The number of nitrogens with one attached hydrogen (secondary N) is 1. The van der Waals surface area contributed by atoms with Crippen molar-refractivity contribution in [2.75, 3.05) is 6.61 Å². The number of aromatic nitrogens is 2. The monoisotopic (exact) mass is 487 g/mol. The van der Waals surface area contributed by atoms with Gasteiger partial charge in [-0.25, -0.2) is 14.8 Å². The van der Waals surface area contributed by atoms with E-state index in [0.717, 1.165) is 5.56 Å². The summed E-state index contributed by atoms with van der Waals surface area (Å²) in [5, 5.41) is 3.22. The fourth-order valence-corrected chi connectivity index (χ4v) is 3.66. The van der Waals surface area contributed by atoms with Crippen LogP contribution in [0.5, 0.6) is 0 Å². The number of rotatable bonds is 7. The van der Waals surface area contributed by atoms with Gasteiger partial charge in [0.1, 0.15) is 11.4 Å². The van der Waals surface area contributed by atoms with Gasteiger partial charge in [0.25, 0.3) is 5.91 Å². The lowest BCUT2D eigenvalue weighted by Crippen LogP contribution is -2.28. The fraction of sp³-hybridized carbons (Fsp3) is 0.0769. The summed E-state index contributed by atoms with van der Waals surface area (Å²) >= 11 is 6.09. The predicted molar refractivity (Wildman–Crippen MR) is 129 cm³/mol. The first-order valence-electron chi connectivity index (χ1n) is 10.7. The molecular weight excluding hydrogens is 470 g/mol. The Balaban J connectivity index is 1.32.